The summed E-state index contributed by atoms with van der Waals surface area (Å²) in [5.41, 5.74) is 1.67. The Bertz CT molecular complexity index is 888. The van der Waals surface area contributed by atoms with Crippen molar-refractivity contribution in [2.45, 2.75) is 65.6 Å². The minimum atomic E-state index is -0.679. The number of amides is 2. The zero-order valence-corrected chi connectivity index (χ0v) is 19.0. The van der Waals surface area contributed by atoms with E-state index in [1.807, 2.05) is 58.9 Å². The van der Waals surface area contributed by atoms with E-state index < -0.39 is 17.4 Å². The fraction of sp³-hybridized carbons (Fsp3) is 0.417. The molecule has 2 aromatic rings. The molecule has 2 aromatic carbocycles. The summed E-state index contributed by atoms with van der Waals surface area (Å²) >= 11 is 6.14. The summed E-state index contributed by atoms with van der Waals surface area (Å²) in [4.78, 5) is 27.8. The smallest absolute Gasteiger partial charge is 0.243 e. The Morgan fingerprint density at radius 3 is 2.37 bits per heavy atom. The quantitative estimate of drug-likeness (QED) is 0.665. The molecule has 0 heterocycles. The summed E-state index contributed by atoms with van der Waals surface area (Å²) in [7, 11) is 0. The van der Waals surface area contributed by atoms with E-state index >= 15 is 0 Å². The zero-order chi connectivity index (χ0) is 22.5. The van der Waals surface area contributed by atoms with Crippen LogP contribution in [0.15, 0.2) is 42.5 Å². The number of hydrogen-bond acceptors (Lipinski definition) is 2. The Labute approximate surface area is 183 Å². The van der Waals surface area contributed by atoms with Crippen molar-refractivity contribution in [1.82, 2.24) is 10.2 Å². The molecule has 162 valence electrons. The van der Waals surface area contributed by atoms with Crippen molar-refractivity contribution in [3.63, 3.8) is 0 Å². The molecule has 0 aliphatic rings. The van der Waals surface area contributed by atoms with Crippen LogP contribution in [0.4, 0.5) is 4.39 Å². The molecule has 1 atom stereocenters. The van der Waals surface area contributed by atoms with Crippen LogP contribution < -0.4 is 5.32 Å². The minimum absolute atomic E-state index is 0.144. The first kappa shape index (κ1) is 23.9. The van der Waals surface area contributed by atoms with Crippen molar-refractivity contribution in [2.75, 3.05) is 0 Å². The third-order valence-corrected chi connectivity index (χ3v) is 5.23. The Morgan fingerprint density at radius 2 is 1.80 bits per heavy atom. The van der Waals surface area contributed by atoms with Gasteiger partial charge >= 0.3 is 0 Å². The van der Waals surface area contributed by atoms with Gasteiger partial charge in [0, 0.05) is 22.7 Å². The van der Waals surface area contributed by atoms with Crippen LogP contribution in [-0.2, 0) is 22.6 Å². The first-order valence-corrected chi connectivity index (χ1v) is 10.5. The van der Waals surface area contributed by atoms with E-state index in [1.165, 1.54) is 17.0 Å². The molecule has 0 aliphatic carbocycles. The van der Waals surface area contributed by atoms with Crippen molar-refractivity contribution < 1.29 is 14.0 Å². The number of carbonyl (C=O) groups is 2. The lowest BCUT2D eigenvalue weighted by atomic mass is 10.0. The molecule has 30 heavy (non-hydrogen) atoms. The Kier molecular flexibility index (Phi) is 8.02. The molecule has 6 heteroatoms. The van der Waals surface area contributed by atoms with Gasteiger partial charge in [-0.15, -0.1) is 0 Å². The summed E-state index contributed by atoms with van der Waals surface area (Å²) in [5.74, 6) is -1.10. The maximum Gasteiger partial charge on any atom is 0.243 e. The summed E-state index contributed by atoms with van der Waals surface area (Å²) in [6, 6.07) is 11.4. The average Bonchev–Trinajstić information content (AvgIpc) is 2.64. The van der Waals surface area contributed by atoms with Crippen LogP contribution in [0.5, 0.6) is 0 Å². The van der Waals surface area contributed by atoms with E-state index in [1.54, 1.807) is 6.07 Å². The summed E-state index contributed by atoms with van der Waals surface area (Å²) in [6.07, 6.45) is 0.223. The van der Waals surface area contributed by atoms with Crippen molar-refractivity contribution in [2.24, 2.45) is 0 Å². The highest BCUT2D eigenvalue weighted by atomic mass is 35.5. The zero-order valence-electron chi connectivity index (χ0n) is 18.3. The normalized spacial score (nSPS) is 12.4. The Hall–Kier alpha value is -2.40. The standard InChI is InChI=1S/C24H30ClFN2O2/c1-6-21(23(30)27-24(3,4)5)28(15-17-11-8-7-10-16(17)2)22(29)14-18-19(25)12-9-13-20(18)26/h7-13,21H,6,14-15H2,1-5H3,(H,27,30). The molecule has 2 amide bonds. The van der Waals surface area contributed by atoms with Crippen molar-refractivity contribution in [3.05, 3.63) is 70.0 Å². The molecule has 0 radical (unpaired) electrons. The first-order valence-electron chi connectivity index (χ1n) is 10.1. The number of halogens is 2. The largest absolute Gasteiger partial charge is 0.350 e. The number of nitrogens with one attached hydrogen (secondary N) is 1. The van der Waals surface area contributed by atoms with Crippen LogP contribution in [0.3, 0.4) is 0 Å². The summed E-state index contributed by atoms with van der Waals surface area (Å²) in [5, 5.41) is 3.16. The molecule has 1 N–H and O–H groups in total. The van der Waals surface area contributed by atoms with E-state index in [9.17, 15) is 14.0 Å². The van der Waals surface area contributed by atoms with Crippen LogP contribution in [0, 0.1) is 12.7 Å². The van der Waals surface area contributed by atoms with Gasteiger partial charge in [-0.25, -0.2) is 4.39 Å². The van der Waals surface area contributed by atoms with Crippen LogP contribution in [0.25, 0.3) is 0 Å². The molecule has 4 nitrogen and oxygen atoms in total. The summed E-state index contributed by atoms with van der Waals surface area (Å²) in [6.45, 7) is 9.76. The molecule has 2 rings (SSSR count). The molecule has 0 spiro atoms. The second kappa shape index (κ2) is 10.1. The van der Waals surface area contributed by atoms with Crippen molar-refractivity contribution in [1.29, 1.82) is 0 Å². The van der Waals surface area contributed by atoms with Crippen LogP contribution in [0.1, 0.15) is 50.8 Å². The maximum atomic E-state index is 14.3. The monoisotopic (exact) mass is 432 g/mol. The lowest BCUT2D eigenvalue weighted by Crippen LogP contribution is -2.53. The third kappa shape index (κ3) is 6.30. The topological polar surface area (TPSA) is 49.4 Å². The van der Waals surface area contributed by atoms with Gasteiger partial charge in [0.25, 0.3) is 0 Å². The predicted octanol–water partition coefficient (Wildman–Crippen LogP) is 5.05. The van der Waals surface area contributed by atoms with Gasteiger partial charge in [0.05, 0.1) is 6.42 Å². The van der Waals surface area contributed by atoms with E-state index in [4.69, 9.17) is 11.6 Å². The van der Waals surface area contributed by atoms with E-state index in [0.717, 1.165) is 11.1 Å². The van der Waals surface area contributed by atoms with Gasteiger partial charge in [-0.05, 0) is 57.4 Å². The molecular weight excluding hydrogens is 403 g/mol. The van der Waals surface area contributed by atoms with Gasteiger partial charge in [0.1, 0.15) is 11.9 Å². The molecule has 0 saturated heterocycles. The molecular formula is C24H30ClFN2O2. The molecule has 0 bridgehead atoms. The maximum absolute atomic E-state index is 14.3. The number of nitrogens with zero attached hydrogens (tertiary/aromatic N) is 1. The highest BCUT2D eigenvalue weighted by Crippen LogP contribution is 2.23. The number of aryl methyl sites for hydroxylation is 1. The number of carbonyl (C=O) groups excluding carboxylic acids is 2. The van der Waals surface area contributed by atoms with Gasteiger partial charge in [-0.2, -0.15) is 0 Å². The Balaban J connectivity index is 2.40. The summed E-state index contributed by atoms with van der Waals surface area (Å²) < 4.78 is 14.3. The lowest BCUT2D eigenvalue weighted by molar-refractivity contribution is -0.141. The predicted molar refractivity (Wildman–Crippen MR) is 119 cm³/mol. The van der Waals surface area contributed by atoms with Gasteiger partial charge in [-0.3, -0.25) is 9.59 Å². The SMILES string of the molecule is CCC(C(=O)NC(C)(C)C)N(Cc1ccccc1C)C(=O)Cc1c(F)cccc1Cl. The van der Waals surface area contributed by atoms with Gasteiger partial charge in [-0.1, -0.05) is 48.9 Å². The molecule has 0 aliphatic heterocycles. The van der Waals surface area contributed by atoms with Gasteiger partial charge in [0.2, 0.25) is 11.8 Å². The second-order valence-electron chi connectivity index (χ2n) is 8.49. The van der Waals surface area contributed by atoms with Crippen LogP contribution in [0.2, 0.25) is 5.02 Å². The third-order valence-electron chi connectivity index (χ3n) is 4.88. The average molecular weight is 433 g/mol. The highest BCUT2D eigenvalue weighted by molar-refractivity contribution is 6.31. The number of rotatable bonds is 7. The minimum Gasteiger partial charge on any atom is -0.350 e. The fourth-order valence-corrected chi connectivity index (χ4v) is 3.53. The van der Waals surface area contributed by atoms with Gasteiger partial charge < -0.3 is 10.2 Å². The van der Waals surface area contributed by atoms with E-state index in [2.05, 4.69) is 5.32 Å². The van der Waals surface area contributed by atoms with Crippen molar-refractivity contribution in [3.8, 4) is 0 Å². The highest BCUT2D eigenvalue weighted by Gasteiger charge is 2.31. The number of benzene rings is 2. The first-order chi connectivity index (χ1) is 14.0. The van der Waals surface area contributed by atoms with E-state index in [-0.39, 0.29) is 35.4 Å². The lowest BCUT2D eigenvalue weighted by Gasteiger charge is -2.33. The second-order valence-corrected chi connectivity index (χ2v) is 8.90. The molecule has 0 saturated carbocycles. The van der Waals surface area contributed by atoms with Crippen LogP contribution in [-0.4, -0.2) is 28.3 Å². The molecule has 0 fully saturated rings. The van der Waals surface area contributed by atoms with Crippen molar-refractivity contribution >= 4 is 23.4 Å². The Morgan fingerprint density at radius 1 is 1.13 bits per heavy atom. The van der Waals surface area contributed by atoms with Crippen LogP contribution >= 0.6 is 11.6 Å². The number of hydrogen-bond donors (Lipinski definition) is 1. The van der Waals surface area contributed by atoms with E-state index in [0.29, 0.717) is 6.42 Å². The molecule has 1 unspecified atom stereocenters. The molecule has 0 aromatic heterocycles. The van der Waals surface area contributed by atoms with Gasteiger partial charge in [0.15, 0.2) is 0 Å². The fourth-order valence-electron chi connectivity index (χ4n) is 3.30.